The number of para-hydroxylation sites is 1. The topological polar surface area (TPSA) is 55.3 Å². The molecular weight excluding hydrogens is 425 g/mol. The summed E-state index contributed by atoms with van der Waals surface area (Å²) in [6, 6.07) is 13.4. The van der Waals surface area contributed by atoms with E-state index < -0.39 is 5.82 Å². The molecule has 1 amide bonds. The Bertz CT molecular complexity index is 1160. The zero-order valence-corrected chi connectivity index (χ0v) is 17.6. The quantitative estimate of drug-likeness (QED) is 0.401. The molecule has 0 unspecified atom stereocenters. The van der Waals surface area contributed by atoms with Gasteiger partial charge in [-0.3, -0.25) is 14.7 Å². The van der Waals surface area contributed by atoms with E-state index in [2.05, 4.69) is 9.97 Å². The van der Waals surface area contributed by atoms with Gasteiger partial charge in [-0.2, -0.15) is 0 Å². The molecule has 0 saturated heterocycles. The highest BCUT2D eigenvalue weighted by Gasteiger charge is 2.22. The predicted molar refractivity (Wildman–Crippen MR) is 117 cm³/mol. The number of rotatable bonds is 6. The van der Waals surface area contributed by atoms with Gasteiger partial charge < -0.3 is 4.74 Å². The van der Waals surface area contributed by atoms with Crippen molar-refractivity contribution in [3.63, 3.8) is 0 Å². The second-order valence-corrected chi connectivity index (χ2v) is 7.98. The SMILES string of the molecule is Cc1ccc(Cl)c2sc(N(Cc3cccnc3)C(=O)COc3ccccc3F)nc12. The Hall–Kier alpha value is -3.03. The number of hydrogen-bond acceptors (Lipinski definition) is 5. The van der Waals surface area contributed by atoms with Gasteiger partial charge in [0.25, 0.3) is 5.91 Å². The average Bonchev–Trinajstić information content (AvgIpc) is 3.21. The number of carbonyl (C=O) groups is 1. The molecule has 0 spiro atoms. The van der Waals surface area contributed by atoms with Crippen molar-refractivity contribution >= 4 is 44.2 Å². The number of aryl methyl sites for hydroxylation is 1. The molecule has 0 aliphatic heterocycles. The number of fused-ring (bicyclic) bond motifs is 1. The Labute approximate surface area is 181 Å². The number of aromatic nitrogens is 2. The number of hydrogen-bond donors (Lipinski definition) is 0. The van der Waals surface area contributed by atoms with Crippen LogP contribution in [0.25, 0.3) is 10.2 Å². The van der Waals surface area contributed by atoms with E-state index in [9.17, 15) is 9.18 Å². The third-order valence-electron chi connectivity index (χ3n) is 4.47. The molecule has 2 aromatic heterocycles. The standard InChI is InChI=1S/C22H17ClFN3O2S/c1-14-8-9-16(23)21-20(14)26-22(30-21)27(12-15-5-4-10-25-11-15)19(28)13-29-18-7-3-2-6-17(18)24/h2-11H,12-13H2,1H3. The molecule has 2 aromatic carbocycles. The molecular formula is C22H17ClFN3O2S. The summed E-state index contributed by atoms with van der Waals surface area (Å²) in [5, 5.41) is 1.07. The minimum atomic E-state index is -0.522. The summed E-state index contributed by atoms with van der Waals surface area (Å²) in [6.45, 7) is 1.87. The van der Waals surface area contributed by atoms with Crippen LogP contribution in [0.2, 0.25) is 5.02 Å². The van der Waals surface area contributed by atoms with Crippen molar-refractivity contribution < 1.29 is 13.9 Å². The van der Waals surface area contributed by atoms with E-state index in [1.807, 2.05) is 25.1 Å². The lowest BCUT2D eigenvalue weighted by Gasteiger charge is -2.20. The van der Waals surface area contributed by atoms with Crippen LogP contribution in [0.3, 0.4) is 0 Å². The van der Waals surface area contributed by atoms with Crippen molar-refractivity contribution in [1.29, 1.82) is 0 Å². The average molecular weight is 442 g/mol. The summed E-state index contributed by atoms with van der Waals surface area (Å²) in [7, 11) is 0. The van der Waals surface area contributed by atoms with Gasteiger partial charge in [0, 0.05) is 12.4 Å². The highest BCUT2D eigenvalue weighted by atomic mass is 35.5. The molecule has 4 aromatic rings. The predicted octanol–water partition coefficient (Wildman–Crippen LogP) is 5.40. The molecule has 0 atom stereocenters. The summed E-state index contributed by atoms with van der Waals surface area (Å²) < 4.78 is 20.1. The van der Waals surface area contributed by atoms with Crippen molar-refractivity contribution in [3.05, 3.63) is 82.9 Å². The number of nitrogens with zero attached hydrogens (tertiary/aromatic N) is 3. The number of carbonyl (C=O) groups excluding carboxylic acids is 1. The van der Waals surface area contributed by atoms with Gasteiger partial charge >= 0.3 is 0 Å². The molecule has 8 heteroatoms. The van der Waals surface area contributed by atoms with Crippen LogP contribution in [-0.2, 0) is 11.3 Å². The molecule has 5 nitrogen and oxygen atoms in total. The van der Waals surface area contributed by atoms with Gasteiger partial charge in [-0.05, 0) is 42.3 Å². The molecule has 0 radical (unpaired) electrons. The third-order valence-corrected chi connectivity index (χ3v) is 6.01. The van der Waals surface area contributed by atoms with Gasteiger partial charge in [0.2, 0.25) is 0 Å². The number of thiazole rings is 1. The van der Waals surface area contributed by atoms with Crippen LogP contribution in [0, 0.1) is 12.7 Å². The Morgan fingerprint density at radius 2 is 2.03 bits per heavy atom. The van der Waals surface area contributed by atoms with Crippen LogP contribution < -0.4 is 9.64 Å². The molecule has 0 aliphatic carbocycles. The number of pyridine rings is 1. The number of amides is 1. The van der Waals surface area contributed by atoms with Crippen LogP contribution in [0.4, 0.5) is 9.52 Å². The summed E-state index contributed by atoms with van der Waals surface area (Å²) in [5.74, 6) is -0.850. The summed E-state index contributed by atoms with van der Waals surface area (Å²) >= 11 is 7.67. The van der Waals surface area contributed by atoms with Crippen LogP contribution in [0.5, 0.6) is 5.75 Å². The molecule has 0 fully saturated rings. The fourth-order valence-corrected chi connectivity index (χ4v) is 4.26. The van der Waals surface area contributed by atoms with Gasteiger partial charge in [-0.15, -0.1) is 0 Å². The fraction of sp³-hybridized carbons (Fsp3) is 0.136. The van der Waals surface area contributed by atoms with Gasteiger partial charge in [0.05, 0.1) is 21.8 Å². The maximum atomic E-state index is 13.9. The summed E-state index contributed by atoms with van der Waals surface area (Å²) in [5.41, 5.74) is 2.55. The number of benzene rings is 2. The lowest BCUT2D eigenvalue weighted by atomic mass is 10.2. The van der Waals surface area contributed by atoms with E-state index in [0.717, 1.165) is 21.3 Å². The summed E-state index contributed by atoms with van der Waals surface area (Å²) in [4.78, 5) is 23.3. The Morgan fingerprint density at radius 1 is 1.20 bits per heavy atom. The van der Waals surface area contributed by atoms with E-state index in [4.69, 9.17) is 16.3 Å². The lowest BCUT2D eigenvalue weighted by Crippen LogP contribution is -2.34. The van der Waals surface area contributed by atoms with Crippen molar-refractivity contribution in [1.82, 2.24) is 9.97 Å². The van der Waals surface area contributed by atoms with Crippen LogP contribution in [-0.4, -0.2) is 22.5 Å². The second kappa shape index (κ2) is 8.77. The zero-order valence-electron chi connectivity index (χ0n) is 16.0. The van der Waals surface area contributed by atoms with Crippen LogP contribution in [0.1, 0.15) is 11.1 Å². The van der Waals surface area contributed by atoms with E-state index in [1.165, 1.54) is 28.4 Å². The first-order valence-corrected chi connectivity index (χ1v) is 10.3. The van der Waals surface area contributed by atoms with E-state index >= 15 is 0 Å². The smallest absolute Gasteiger partial charge is 0.267 e. The number of ether oxygens (including phenoxy) is 1. The molecule has 0 N–H and O–H groups in total. The van der Waals surface area contributed by atoms with Crippen LogP contribution in [0.15, 0.2) is 60.9 Å². The molecule has 0 saturated carbocycles. The highest BCUT2D eigenvalue weighted by Crippen LogP contribution is 2.36. The summed E-state index contributed by atoms with van der Waals surface area (Å²) in [6.07, 6.45) is 3.35. The first-order valence-electron chi connectivity index (χ1n) is 9.15. The number of halogens is 2. The third kappa shape index (κ3) is 4.27. The van der Waals surface area contributed by atoms with Gasteiger partial charge in [-0.1, -0.05) is 47.2 Å². The van der Waals surface area contributed by atoms with Crippen molar-refractivity contribution in [2.45, 2.75) is 13.5 Å². The minimum absolute atomic E-state index is 0.0235. The van der Waals surface area contributed by atoms with Crippen molar-refractivity contribution in [2.75, 3.05) is 11.5 Å². The second-order valence-electron chi connectivity index (χ2n) is 6.60. The highest BCUT2D eigenvalue weighted by molar-refractivity contribution is 7.23. The molecule has 152 valence electrons. The maximum Gasteiger partial charge on any atom is 0.267 e. The van der Waals surface area contributed by atoms with E-state index in [-0.39, 0.29) is 24.8 Å². The van der Waals surface area contributed by atoms with Gasteiger partial charge in [0.1, 0.15) is 0 Å². The Morgan fingerprint density at radius 3 is 2.77 bits per heavy atom. The fourth-order valence-electron chi connectivity index (χ4n) is 2.92. The van der Waals surface area contributed by atoms with Crippen molar-refractivity contribution in [3.8, 4) is 5.75 Å². The zero-order chi connectivity index (χ0) is 21.1. The normalized spacial score (nSPS) is 10.9. The molecule has 0 aliphatic rings. The monoisotopic (exact) mass is 441 g/mol. The molecule has 30 heavy (non-hydrogen) atoms. The number of anilines is 1. The van der Waals surface area contributed by atoms with Crippen molar-refractivity contribution in [2.24, 2.45) is 0 Å². The van der Waals surface area contributed by atoms with Gasteiger partial charge in [0.15, 0.2) is 23.3 Å². The first-order chi connectivity index (χ1) is 14.5. The molecule has 0 bridgehead atoms. The largest absolute Gasteiger partial charge is 0.481 e. The maximum absolute atomic E-state index is 13.9. The van der Waals surface area contributed by atoms with Crippen LogP contribution >= 0.6 is 22.9 Å². The minimum Gasteiger partial charge on any atom is -0.481 e. The molecule has 4 rings (SSSR count). The lowest BCUT2D eigenvalue weighted by molar-refractivity contribution is -0.120. The first kappa shape index (κ1) is 20.3. The van der Waals surface area contributed by atoms with E-state index in [0.29, 0.717) is 10.2 Å². The molecule has 2 heterocycles. The Balaban J connectivity index is 1.66. The Kier molecular flexibility index (Phi) is 5.92. The van der Waals surface area contributed by atoms with E-state index in [1.54, 1.807) is 30.6 Å². The van der Waals surface area contributed by atoms with Gasteiger partial charge in [-0.25, -0.2) is 9.37 Å².